The number of carbonyl (C=O) groups excluding carboxylic acids is 1. The molecule has 0 heterocycles. The molecule has 84 valence electrons. The van der Waals surface area contributed by atoms with Crippen LogP contribution in [0, 0.1) is 0 Å². The molecule has 0 saturated carbocycles. The number of aliphatic hydroxyl groups is 1. The van der Waals surface area contributed by atoms with Gasteiger partial charge in [-0.15, -0.1) is 0 Å². The van der Waals surface area contributed by atoms with Crippen molar-refractivity contribution < 1.29 is 14.6 Å². The minimum absolute atomic E-state index is 0.0155. The number of methoxy groups -OCH3 is 1. The molecule has 0 aliphatic rings. The van der Waals surface area contributed by atoms with Crippen LogP contribution in [-0.4, -0.2) is 49.3 Å². The van der Waals surface area contributed by atoms with Gasteiger partial charge >= 0.3 is 0 Å². The fraction of sp³-hybridized carbons (Fsp3) is 0.900. The summed E-state index contributed by atoms with van der Waals surface area (Å²) in [7, 11) is 1.60. The molecule has 0 radical (unpaired) electrons. The van der Waals surface area contributed by atoms with E-state index in [0.29, 0.717) is 26.1 Å². The average molecular weight is 203 g/mol. The molecule has 0 fully saturated rings. The second kappa shape index (κ2) is 8.97. The van der Waals surface area contributed by atoms with Crippen LogP contribution < -0.4 is 0 Å². The molecule has 1 amide bonds. The number of unbranched alkanes of at least 4 members (excludes halogenated alkanes) is 1. The highest BCUT2D eigenvalue weighted by Crippen LogP contribution is 2.00. The van der Waals surface area contributed by atoms with E-state index in [-0.39, 0.29) is 12.5 Å². The quantitative estimate of drug-likeness (QED) is 0.630. The fourth-order valence-corrected chi connectivity index (χ4v) is 1.17. The van der Waals surface area contributed by atoms with Gasteiger partial charge in [0.1, 0.15) is 0 Å². The molecule has 0 aromatic carbocycles. The largest absolute Gasteiger partial charge is 0.395 e. The predicted molar refractivity (Wildman–Crippen MR) is 55.1 cm³/mol. The molecule has 0 atom stereocenters. The molecule has 0 bridgehead atoms. The zero-order valence-corrected chi connectivity index (χ0v) is 9.16. The van der Waals surface area contributed by atoms with Crippen LogP contribution in [0.15, 0.2) is 0 Å². The van der Waals surface area contributed by atoms with Gasteiger partial charge < -0.3 is 14.7 Å². The minimum atomic E-state index is 0.0155. The first-order valence-electron chi connectivity index (χ1n) is 5.13. The highest BCUT2D eigenvalue weighted by molar-refractivity contribution is 5.76. The summed E-state index contributed by atoms with van der Waals surface area (Å²) in [6.07, 6.45) is 2.50. The zero-order valence-electron chi connectivity index (χ0n) is 9.16. The molecule has 0 aliphatic heterocycles. The summed E-state index contributed by atoms with van der Waals surface area (Å²) in [5.74, 6) is 0.109. The first kappa shape index (κ1) is 13.4. The Morgan fingerprint density at radius 2 is 2.14 bits per heavy atom. The third kappa shape index (κ3) is 5.94. The maximum atomic E-state index is 11.6. The van der Waals surface area contributed by atoms with Crippen molar-refractivity contribution in [2.75, 3.05) is 33.4 Å². The second-order valence-electron chi connectivity index (χ2n) is 3.20. The van der Waals surface area contributed by atoms with Gasteiger partial charge in [0, 0.05) is 26.6 Å². The van der Waals surface area contributed by atoms with Crippen molar-refractivity contribution in [2.24, 2.45) is 0 Å². The van der Waals surface area contributed by atoms with Crippen LogP contribution in [0.1, 0.15) is 26.2 Å². The van der Waals surface area contributed by atoms with E-state index in [4.69, 9.17) is 9.84 Å². The highest BCUT2D eigenvalue weighted by Gasteiger charge is 2.11. The van der Waals surface area contributed by atoms with Gasteiger partial charge in [-0.25, -0.2) is 0 Å². The predicted octanol–water partition coefficient (Wildman–Crippen LogP) is 0.644. The van der Waals surface area contributed by atoms with Gasteiger partial charge in [-0.2, -0.15) is 0 Å². The lowest BCUT2D eigenvalue weighted by atomic mass is 10.2. The lowest BCUT2D eigenvalue weighted by Crippen LogP contribution is -2.35. The van der Waals surface area contributed by atoms with E-state index in [1.54, 1.807) is 12.0 Å². The van der Waals surface area contributed by atoms with E-state index in [1.807, 2.05) is 0 Å². The van der Waals surface area contributed by atoms with Crippen molar-refractivity contribution in [3.8, 4) is 0 Å². The van der Waals surface area contributed by atoms with E-state index in [0.717, 1.165) is 12.8 Å². The third-order valence-electron chi connectivity index (χ3n) is 2.03. The Balaban J connectivity index is 3.84. The summed E-state index contributed by atoms with van der Waals surface area (Å²) in [5, 5.41) is 8.78. The Labute approximate surface area is 85.9 Å². The van der Waals surface area contributed by atoms with Crippen LogP contribution in [0.4, 0.5) is 0 Å². The summed E-state index contributed by atoms with van der Waals surface area (Å²) in [6.45, 7) is 3.57. The molecule has 0 aliphatic carbocycles. The number of rotatable bonds is 8. The Morgan fingerprint density at radius 1 is 1.43 bits per heavy atom. The van der Waals surface area contributed by atoms with Gasteiger partial charge in [0.15, 0.2) is 0 Å². The molecule has 0 saturated heterocycles. The number of hydrogen-bond acceptors (Lipinski definition) is 3. The lowest BCUT2D eigenvalue weighted by molar-refractivity contribution is -0.132. The maximum absolute atomic E-state index is 11.6. The van der Waals surface area contributed by atoms with Crippen LogP contribution >= 0.6 is 0 Å². The van der Waals surface area contributed by atoms with Gasteiger partial charge in [-0.3, -0.25) is 4.79 Å². The smallest absolute Gasteiger partial charge is 0.222 e. The molecular weight excluding hydrogens is 182 g/mol. The number of amides is 1. The maximum Gasteiger partial charge on any atom is 0.222 e. The Kier molecular flexibility index (Phi) is 8.57. The van der Waals surface area contributed by atoms with E-state index in [2.05, 4.69) is 6.92 Å². The SMILES string of the molecule is CCCCC(=O)N(CCO)CCOC. The van der Waals surface area contributed by atoms with Crippen molar-refractivity contribution in [3.05, 3.63) is 0 Å². The van der Waals surface area contributed by atoms with Gasteiger partial charge in [-0.1, -0.05) is 13.3 Å². The van der Waals surface area contributed by atoms with E-state index < -0.39 is 0 Å². The van der Waals surface area contributed by atoms with Gasteiger partial charge in [-0.05, 0) is 6.42 Å². The summed E-state index contributed by atoms with van der Waals surface area (Å²) >= 11 is 0. The van der Waals surface area contributed by atoms with E-state index in [9.17, 15) is 4.79 Å². The first-order valence-corrected chi connectivity index (χ1v) is 5.13. The molecule has 4 heteroatoms. The molecule has 1 N–H and O–H groups in total. The summed E-state index contributed by atoms with van der Waals surface area (Å²) in [5.41, 5.74) is 0. The molecule has 0 unspecified atom stereocenters. The standard InChI is InChI=1S/C10H21NO3/c1-3-4-5-10(13)11(6-8-12)7-9-14-2/h12H,3-9H2,1-2H3. The molecule has 0 aromatic rings. The number of hydrogen-bond donors (Lipinski definition) is 1. The van der Waals surface area contributed by atoms with Crippen LogP contribution in [0.2, 0.25) is 0 Å². The van der Waals surface area contributed by atoms with Crippen LogP contribution in [0.5, 0.6) is 0 Å². The Bertz CT molecular complexity index is 150. The summed E-state index contributed by atoms with van der Waals surface area (Å²) < 4.78 is 4.90. The average Bonchev–Trinajstić information content (AvgIpc) is 2.20. The number of ether oxygens (including phenoxy) is 1. The Morgan fingerprint density at radius 3 is 2.64 bits per heavy atom. The normalized spacial score (nSPS) is 10.2. The molecular formula is C10H21NO3. The lowest BCUT2D eigenvalue weighted by Gasteiger charge is -2.21. The van der Waals surface area contributed by atoms with Crippen molar-refractivity contribution in [1.29, 1.82) is 0 Å². The number of aliphatic hydroxyl groups excluding tert-OH is 1. The molecule has 14 heavy (non-hydrogen) atoms. The van der Waals surface area contributed by atoms with Crippen molar-refractivity contribution >= 4 is 5.91 Å². The monoisotopic (exact) mass is 203 g/mol. The van der Waals surface area contributed by atoms with E-state index in [1.165, 1.54) is 0 Å². The van der Waals surface area contributed by atoms with Gasteiger partial charge in [0.25, 0.3) is 0 Å². The van der Waals surface area contributed by atoms with Gasteiger partial charge in [0.2, 0.25) is 5.91 Å². The molecule has 0 aromatic heterocycles. The number of carbonyl (C=O) groups is 1. The molecule has 4 nitrogen and oxygen atoms in total. The third-order valence-corrected chi connectivity index (χ3v) is 2.03. The fourth-order valence-electron chi connectivity index (χ4n) is 1.17. The zero-order chi connectivity index (χ0) is 10.8. The molecule has 0 rings (SSSR count). The van der Waals surface area contributed by atoms with Crippen molar-refractivity contribution in [3.63, 3.8) is 0 Å². The van der Waals surface area contributed by atoms with Crippen molar-refractivity contribution in [1.82, 2.24) is 4.90 Å². The number of nitrogens with zero attached hydrogens (tertiary/aromatic N) is 1. The Hall–Kier alpha value is -0.610. The summed E-state index contributed by atoms with van der Waals surface area (Å²) in [6, 6.07) is 0. The van der Waals surface area contributed by atoms with Gasteiger partial charge in [0.05, 0.1) is 13.2 Å². The highest BCUT2D eigenvalue weighted by atomic mass is 16.5. The van der Waals surface area contributed by atoms with Crippen LogP contribution in [-0.2, 0) is 9.53 Å². The minimum Gasteiger partial charge on any atom is -0.395 e. The second-order valence-corrected chi connectivity index (χ2v) is 3.20. The van der Waals surface area contributed by atoms with Crippen LogP contribution in [0.3, 0.4) is 0 Å². The van der Waals surface area contributed by atoms with Crippen LogP contribution in [0.25, 0.3) is 0 Å². The topological polar surface area (TPSA) is 49.8 Å². The molecule has 0 spiro atoms. The van der Waals surface area contributed by atoms with Crippen molar-refractivity contribution in [2.45, 2.75) is 26.2 Å². The summed E-state index contributed by atoms with van der Waals surface area (Å²) in [4.78, 5) is 13.2. The first-order chi connectivity index (χ1) is 6.76. The van der Waals surface area contributed by atoms with E-state index >= 15 is 0 Å².